The summed E-state index contributed by atoms with van der Waals surface area (Å²) in [7, 11) is 0. The largest absolute Gasteiger partial charge is 0.481 e. The number of carboxylic acids is 2. The van der Waals surface area contributed by atoms with Crippen molar-refractivity contribution in [2.75, 3.05) is 13.2 Å². The number of aliphatic carboxylic acids is 2. The number of rotatable bonds is 18. The smallest absolute Gasteiger partial charge is 0.303 e. The van der Waals surface area contributed by atoms with Gasteiger partial charge in [-0.25, -0.2) is 0 Å². The third kappa shape index (κ3) is 30.9. The minimum Gasteiger partial charge on any atom is -0.481 e. The molecule has 0 amide bonds. The average molecular weight is 469 g/mol. The summed E-state index contributed by atoms with van der Waals surface area (Å²) in [5, 5.41) is 59.2. The summed E-state index contributed by atoms with van der Waals surface area (Å²) in [4.78, 5) is 20.2. The third-order valence-corrected chi connectivity index (χ3v) is 4.65. The van der Waals surface area contributed by atoms with Crippen LogP contribution in [-0.2, 0) is 9.59 Å². The van der Waals surface area contributed by atoms with E-state index in [0.29, 0.717) is 12.8 Å². The lowest BCUT2D eigenvalue weighted by Gasteiger charge is -2.19. The van der Waals surface area contributed by atoms with Gasteiger partial charge in [0.1, 0.15) is 18.3 Å². The molecule has 0 aliphatic rings. The van der Waals surface area contributed by atoms with Crippen LogP contribution in [0.15, 0.2) is 0 Å². The Kier molecular flexibility index (Phi) is 30.7. The summed E-state index contributed by atoms with van der Waals surface area (Å²) in [6, 6.07) is 0. The van der Waals surface area contributed by atoms with Crippen molar-refractivity contribution in [3.8, 4) is 0 Å². The fraction of sp³-hybridized carbons (Fsp3) is 0.913. The van der Waals surface area contributed by atoms with Crippen LogP contribution < -0.4 is 0 Å². The van der Waals surface area contributed by atoms with Gasteiger partial charge >= 0.3 is 11.9 Å². The van der Waals surface area contributed by atoms with Crippen molar-refractivity contribution in [1.29, 1.82) is 0 Å². The van der Waals surface area contributed by atoms with Crippen molar-refractivity contribution in [2.24, 2.45) is 0 Å². The predicted molar refractivity (Wildman–Crippen MR) is 123 cm³/mol. The topological polar surface area (TPSA) is 176 Å². The zero-order valence-electron chi connectivity index (χ0n) is 20.0. The van der Waals surface area contributed by atoms with E-state index in [2.05, 4.69) is 13.8 Å². The van der Waals surface area contributed by atoms with Gasteiger partial charge in [0.15, 0.2) is 0 Å². The predicted octanol–water partition coefficient (Wildman–Crippen LogP) is 2.70. The lowest BCUT2D eigenvalue weighted by Crippen LogP contribution is -2.41. The molecule has 0 bridgehead atoms. The Bertz CT molecular complexity index is 395. The van der Waals surface area contributed by atoms with Crippen LogP contribution in [0.2, 0.25) is 0 Å². The number of carboxylic acid groups (broad SMARTS) is 2. The van der Waals surface area contributed by atoms with Gasteiger partial charge in [0.25, 0.3) is 0 Å². The second-order valence-electron chi connectivity index (χ2n) is 7.81. The minimum absolute atomic E-state index is 0.337. The van der Waals surface area contributed by atoms with Crippen molar-refractivity contribution in [3.63, 3.8) is 0 Å². The highest BCUT2D eigenvalue weighted by Gasteiger charge is 2.22. The van der Waals surface area contributed by atoms with Crippen molar-refractivity contribution >= 4 is 11.9 Å². The maximum absolute atomic E-state index is 10.1. The van der Waals surface area contributed by atoms with Crippen LogP contribution in [0.1, 0.15) is 104 Å². The molecule has 0 aliphatic heterocycles. The molecule has 194 valence electrons. The molecule has 7 N–H and O–H groups in total. The van der Waals surface area contributed by atoms with E-state index in [1.54, 1.807) is 0 Å². The molecule has 0 saturated carbocycles. The molecular formula is C23H48O9. The summed E-state index contributed by atoms with van der Waals surface area (Å²) in [6.07, 6.45) is 10.2. The van der Waals surface area contributed by atoms with Crippen LogP contribution in [0, 0.1) is 0 Å². The first-order valence-corrected chi connectivity index (χ1v) is 11.9. The fourth-order valence-corrected chi connectivity index (χ4v) is 2.59. The van der Waals surface area contributed by atoms with E-state index in [-0.39, 0.29) is 0 Å². The van der Waals surface area contributed by atoms with E-state index in [4.69, 9.17) is 35.7 Å². The van der Waals surface area contributed by atoms with Crippen molar-refractivity contribution in [3.05, 3.63) is 0 Å². The first-order valence-electron chi connectivity index (χ1n) is 11.9. The highest BCUT2D eigenvalue weighted by Crippen LogP contribution is 2.08. The Balaban J connectivity index is -0.000000397. The first kappa shape index (κ1) is 35.3. The molecule has 0 aromatic rings. The molecule has 3 atom stereocenters. The molecule has 0 spiro atoms. The Hall–Kier alpha value is -1.26. The molecule has 0 radical (unpaired) electrons. The second kappa shape index (κ2) is 27.8. The van der Waals surface area contributed by atoms with Gasteiger partial charge in [-0.05, 0) is 12.8 Å². The summed E-state index contributed by atoms with van der Waals surface area (Å²) in [5.74, 6) is -1.33. The van der Waals surface area contributed by atoms with Crippen LogP contribution in [0.5, 0.6) is 0 Å². The van der Waals surface area contributed by atoms with Gasteiger partial charge in [-0.1, -0.05) is 78.1 Å². The van der Waals surface area contributed by atoms with E-state index in [1.807, 2.05) is 0 Å². The second-order valence-corrected chi connectivity index (χ2v) is 7.81. The van der Waals surface area contributed by atoms with Gasteiger partial charge in [0, 0.05) is 12.8 Å². The molecule has 9 nitrogen and oxygen atoms in total. The van der Waals surface area contributed by atoms with Crippen molar-refractivity contribution < 1.29 is 45.3 Å². The zero-order valence-corrected chi connectivity index (χ0v) is 20.0. The van der Waals surface area contributed by atoms with Gasteiger partial charge in [-0.15, -0.1) is 0 Å². The monoisotopic (exact) mass is 468 g/mol. The normalized spacial score (nSPS) is 13.1. The van der Waals surface area contributed by atoms with E-state index < -0.39 is 43.5 Å². The lowest BCUT2D eigenvalue weighted by molar-refractivity contribution is -0.138. The number of unbranched alkanes of at least 4 members (excludes halogenated alkanes) is 10. The van der Waals surface area contributed by atoms with Gasteiger partial charge < -0.3 is 35.7 Å². The van der Waals surface area contributed by atoms with Crippen LogP contribution in [0.4, 0.5) is 0 Å². The van der Waals surface area contributed by atoms with Gasteiger partial charge in [-0.2, -0.15) is 0 Å². The van der Waals surface area contributed by atoms with E-state index >= 15 is 0 Å². The molecular weight excluding hydrogens is 420 g/mol. The molecule has 0 fully saturated rings. The standard InChI is InChI=1S/C10H20O2.C8H16O2.C5H12O5/c1-2-3-4-5-6-7-8-9-10(11)12;1-2-3-4-5-6-7-8(9)10;6-1-3(8)5(10)4(9)2-7/h2-9H2,1H3,(H,11,12);2-7H2,1H3,(H,9,10);3-10H,1-2H2/t;;3-,4+,5?. The van der Waals surface area contributed by atoms with Gasteiger partial charge in [0.05, 0.1) is 13.2 Å². The van der Waals surface area contributed by atoms with Crippen LogP contribution in [0.25, 0.3) is 0 Å². The van der Waals surface area contributed by atoms with Crippen molar-refractivity contribution in [1.82, 2.24) is 0 Å². The van der Waals surface area contributed by atoms with Gasteiger partial charge in [-0.3, -0.25) is 9.59 Å². The average Bonchev–Trinajstić information content (AvgIpc) is 2.77. The molecule has 1 unspecified atom stereocenters. The number of hydrogen-bond donors (Lipinski definition) is 7. The molecule has 0 saturated heterocycles. The summed E-state index contributed by atoms with van der Waals surface area (Å²) >= 11 is 0. The summed E-state index contributed by atoms with van der Waals surface area (Å²) in [6.45, 7) is 3.07. The quantitative estimate of drug-likeness (QED) is 0.149. The SMILES string of the molecule is CCCCCCCC(=O)O.CCCCCCCCCC(=O)O.OC[C@@H](O)C(O)[C@@H](O)CO. The molecule has 0 rings (SSSR count). The Labute approximate surface area is 193 Å². The number of hydrogen-bond acceptors (Lipinski definition) is 7. The van der Waals surface area contributed by atoms with Crippen LogP contribution in [-0.4, -0.2) is 79.2 Å². The number of aliphatic hydroxyl groups excluding tert-OH is 5. The van der Waals surface area contributed by atoms with E-state index in [1.165, 1.54) is 51.4 Å². The molecule has 0 heterocycles. The van der Waals surface area contributed by atoms with Crippen molar-refractivity contribution in [2.45, 2.75) is 122 Å². The fourth-order valence-electron chi connectivity index (χ4n) is 2.59. The third-order valence-electron chi connectivity index (χ3n) is 4.65. The lowest BCUT2D eigenvalue weighted by atomic mass is 10.1. The van der Waals surface area contributed by atoms with E-state index in [9.17, 15) is 9.59 Å². The Morgan fingerprint density at radius 1 is 0.562 bits per heavy atom. The maximum Gasteiger partial charge on any atom is 0.303 e. The molecule has 0 aromatic heterocycles. The highest BCUT2D eigenvalue weighted by atomic mass is 16.4. The minimum atomic E-state index is -1.49. The molecule has 32 heavy (non-hydrogen) atoms. The van der Waals surface area contributed by atoms with Gasteiger partial charge in [0.2, 0.25) is 0 Å². The summed E-state index contributed by atoms with van der Waals surface area (Å²) in [5.41, 5.74) is 0. The molecule has 0 aliphatic carbocycles. The summed E-state index contributed by atoms with van der Waals surface area (Å²) < 4.78 is 0. The van der Waals surface area contributed by atoms with Crippen LogP contribution in [0.3, 0.4) is 0 Å². The van der Waals surface area contributed by atoms with E-state index in [0.717, 1.165) is 25.7 Å². The Morgan fingerprint density at radius 3 is 1.09 bits per heavy atom. The first-order chi connectivity index (χ1) is 15.2. The molecule has 9 heteroatoms. The Morgan fingerprint density at radius 2 is 0.844 bits per heavy atom. The molecule has 0 aromatic carbocycles. The number of aliphatic hydroxyl groups is 5. The highest BCUT2D eigenvalue weighted by molar-refractivity contribution is 5.66. The number of carbonyl (C=O) groups is 2. The maximum atomic E-state index is 10.1. The van der Waals surface area contributed by atoms with Crippen LogP contribution >= 0.6 is 0 Å². The zero-order chi connectivity index (χ0) is 25.2.